The van der Waals surface area contributed by atoms with Gasteiger partial charge in [-0.15, -0.1) is 11.3 Å². The summed E-state index contributed by atoms with van der Waals surface area (Å²) < 4.78 is 32.7. The van der Waals surface area contributed by atoms with E-state index in [0.29, 0.717) is 26.4 Å². The summed E-state index contributed by atoms with van der Waals surface area (Å²) in [4.78, 5) is 17.5. The molecule has 0 unspecified atom stereocenters. The summed E-state index contributed by atoms with van der Waals surface area (Å²) in [6.07, 6.45) is 0. The van der Waals surface area contributed by atoms with Crippen molar-refractivity contribution < 1.29 is 17.9 Å². The number of hydrogen-bond donors (Lipinski definition) is 2. The van der Waals surface area contributed by atoms with Gasteiger partial charge in [-0.1, -0.05) is 29.3 Å². The van der Waals surface area contributed by atoms with Crippen molar-refractivity contribution in [3.63, 3.8) is 0 Å². The van der Waals surface area contributed by atoms with E-state index in [2.05, 4.69) is 15.0 Å². The Morgan fingerprint density at radius 3 is 2.42 bits per heavy atom. The van der Waals surface area contributed by atoms with Crippen molar-refractivity contribution in [2.24, 2.45) is 0 Å². The van der Waals surface area contributed by atoms with Gasteiger partial charge in [0.1, 0.15) is 22.2 Å². The van der Waals surface area contributed by atoms with Crippen molar-refractivity contribution in [2.75, 3.05) is 13.1 Å². The summed E-state index contributed by atoms with van der Waals surface area (Å²) in [6, 6.07) is 13.5. The van der Waals surface area contributed by atoms with Crippen molar-refractivity contribution in [3.05, 3.63) is 74.7 Å². The van der Waals surface area contributed by atoms with Crippen molar-refractivity contribution >= 4 is 38.9 Å². The molecule has 0 aliphatic carbocycles. The smallest absolute Gasteiger partial charge is 0.263 e. The zero-order chi connectivity index (χ0) is 22.4. The molecule has 10 heteroatoms. The Bertz CT molecular complexity index is 1140. The number of aryl methyl sites for hydroxylation is 2. The Morgan fingerprint density at radius 1 is 1.06 bits per heavy atom. The van der Waals surface area contributed by atoms with Gasteiger partial charge in [-0.2, -0.15) is 0 Å². The van der Waals surface area contributed by atoms with E-state index in [0.717, 1.165) is 5.56 Å². The molecule has 3 aromatic rings. The van der Waals surface area contributed by atoms with Crippen molar-refractivity contribution in [1.82, 2.24) is 15.0 Å². The number of nitrogens with one attached hydrogen (secondary N) is 2. The maximum atomic E-state index is 12.4. The Labute approximate surface area is 190 Å². The van der Waals surface area contributed by atoms with E-state index in [-0.39, 0.29) is 30.5 Å². The fourth-order valence-corrected chi connectivity index (χ4v) is 4.70. The lowest BCUT2D eigenvalue weighted by molar-refractivity contribution is 0.0957. The van der Waals surface area contributed by atoms with Crippen LogP contribution in [0.4, 0.5) is 0 Å². The molecule has 1 amide bonds. The number of ether oxygens (including phenoxy) is 1. The molecule has 0 radical (unpaired) electrons. The summed E-state index contributed by atoms with van der Waals surface area (Å²) >= 11 is 7.09. The molecule has 0 aliphatic rings. The van der Waals surface area contributed by atoms with Crippen LogP contribution in [0.25, 0.3) is 0 Å². The number of aromatic nitrogens is 1. The van der Waals surface area contributed by atoms with E-state index in [1.807, 2.05) is 6.92 Å². The maximum absolute atomic E-state index is 12.4. The number of halogens is 1. The Hall–Kier alpha value is -2.46. The first kappa shape index (κ1) is 23.2. The van der Waals surface area contributed by atoms with Crippen LogP contribution >= 0.6 is 22.9 Å². The molecule has 1 heterocycles. The Kier molecular flexibility index (Phi) is 7.66. The third-order valence-corrected chi connectivity index (χ3v) is 7.12. The van der Waals surface area contributed by atoms with Gasteiger partial charge in [0.15, 0.2) is 0 Å². The van der Waals surface area contributed by atoms with Gasteiger partial charge < -0.3 is 10.1 Å². The minimum atomic E-state index is -3.62. The monoisotopic (exact) mass is 479 g/mol. The minimum Gasteiger partial charge on any atom is -0.486 e. The molecule has 2 N–H and O–H groups in total. The molecule has 7 nitrogen and oxygen atoms in total. The van der Waals surface area contributed by atoms with Crippen LogP contribution < -0.4 is 14.8 Å². The molecule has 2 aromatic carbocycles. The minimum absolute atomic E-state index is 0.0757. The highest BCUT2D eigenvalue weighted by atomic mass is 35.5. The molecule has 0 saturated heterocycles. The first-order chi connectivity index (χ1) is 14.7. The van der Waals surface area contributed by atoms with Crippen LogP contribution in [0.1, 0.15) is 25.9 Å². The van der Waals surface area contributed by atoms with Gasteiger partial charge >= 0.3 is 0 Å². The molecule has 0 bridgehead atoms. The second kappa shape index (κ2) is 10.2. The largest absolute Gasteiger partial charge is 0.486 e. The quantitative estimate of drug-likeness (QED) is 0.456. The standard InChI is InChI=1S/C21H22ClN3O4S2/c1-14-3-9-18(10-4-14)31(27,28)24-12-11-23-21(26)20-15(2)25-19(30-20)13-29-17-7-5-16(22)6-8-17/h3-10,24H,11-13H2,1-2H3,(H,23,26). The lowest BCUT2D eigenvalue weighted by Gasteiger charge is -2.08. The molecule has 164 valence electrons. The van der Waals surface area contributed by atoms with Gasteiger partial charge in [-0.05, 0) is 50.2 Å². The average molecular weight is 480 g/mol. The van der Waals surface area contributed by atoms with Gasteiger partial charge in [0.25, 0.3) is 5.91 Å². The van der Waals surface area contributed by atoms with Gasteiger partial charge in [0.2, 0.25) is 10.0 Å². The van der Waals surface area contributed by atoms with E-state index in [1.165, 1.54) is 11.3 Å². The topological polar surface area (TPSA) is 97.4 Å². The van der Waals surface area contributed by atoms with Crippen LogP contribution in [0.2, 0.25) is 5.02 Å². The van der Waals surface area contributed by atoms with Crippen molar-refractivity contribution in [2.45, 2.75) is 25.3 Å². The van der Waals surface area contributed by atoms with Crippen LogP contribution in [-0.2, 0) is 16.6 Å². The highest BCUT2D eigenvalue weighted by Gasteiger charge is 2.16. The number of sulfonamides is 1. The lowest BCUT2D eigenvalue weighted by atomic mass is 10.2. The second-order valence-corrected chi connectivity index (χ2v) is 10.0. The molecule has 0 aliphatic heterocycles. The summed E-state index contributed by atoms with van der Waals surface area (Å²) in [5, 5.41) is 4.00. The Balaban J connectivity index is 1.49. The van der Waals surface area contributed by atoms with Crippen LogP contribution in [-0.4, -0.2) is 32.4 Å². The zero-order valence-electron chi connectivity index (χ0n) is 17.0. The molecular weight excluding hydrogens is 458 g/mol. The molecule has 0 atom stereocenters. The first-order valence-corrected chi connectivity index (χ1v) is 12.1. The predicted molar refractivity (Wildman–Crippen MR) is 121 cm³/mol. The van der Waals surface area contributed by atoms with E-state index in [1.54, 1.807) is 55.5 Å². The lowest BCUT2D eigenvalue weighted by Crippen LogP contribution is -2.34. The number of hydrogen-bond acceptors (Lipinski definition) is 6. The van der Waals surface area contributed by atoms with Crippen LogP contribution in [0, 0.1) is 13.8 Å². The third kappa shape index (κ3) is 6.51. The highest BCUT2D eigenvalue weighted by molar-refractivity contribution is 7.89. The molecule has 1 aromatic heterocycles. The zero-order valence-corrected chi connectivity index (χ0v) is 19.4. The predicted octanol–water partition coefficient (Wildman–Crippen LogP) is 3.70. The summed E-state index contributed by atoms with van der Waals surface area (Å²) in [7, 11) is -3.62. The number of carbonyl (C=O) groups excluding carboxylic acids is 1. The summed E-state index contributed by atoms with van der Waals surface area (Å²) in [5.41, 5.74) is 1.57. The average Bonchev–Trinajstić information content (AvgIpc) is 3.11. The van der Waals surface area contributed by atoms with Gasteiger partial charge in [-0.3, -0.25) is 4.79 Å². The molecule has 31 heavy (non-hydrogen) atoms. The van der Waals surface area contributed by atoms with Crippen molar-refractivity contribution in [3.8, 4) is 5.75 Å². The SMILES string of the molecule is Cc1ccc(S(=O)(=O)NCCNC(=O)c2sc(COc3ccc(Cl)cc3)nc2C)cc1. The van der Waals surface area contributed by atoms with Crippen LogP contribution in [0.5, 0.6) is 5.75 Å². The van der Waals surface area contributed by atoms with Gasteiger partial charge in [-0.25, -0.2) is 18.1 Å². The first-order valence-electron chi connectivity index (χ1n) is 9.44. The number of benzene rings is 2. The maximum Gasteiger partial charge on any atom is 0.263 e. The third-order valence-electron chi connectivity index (χ3n) is 4.26. The molecule has 3 rings (SSSR count). The van der Waals surface area contributed by atoms with E-state index < -0.39 is 10.0 Å². The van der Waals surface area contributed by atoms with E-state index in [4.69, 9.17) is 16.3 Å². The molecule has 0 fully saturated rings. The fraction of sp³-hybridized carbons (Fsp3) is 0.238. The van der Waals surface area contributed by atoms with E-state index >= 15 is 0 Å². The second-order valence-electron chi connectivity index (χ2n) is 6.73. The molecular formula is C21H22ClN3O4S2. The summed E-state index contributed by atoms with van der Waals surface area (Å²) in [6.45, 7) is 4.09. The molecule has 0 spiro atoms. The molecule has 0 saturated carbocycles. The number of amides is 1. The highest BCUT2D eigenvalue weighted by Crippen LogP contribution is 2.21. The van der Waals surface area contributed by atoms with Crippen molar-refractivity contribution in [1.29, 1.82) is 0 Å². The fourth-order valence-electron chi connectivity index (χ4n) is 2.64. The number of thiazole rings is 1. The van der Waals surface area contributed by atoms with E-state index in [9.17, 15) is 13.2 Å². The van der Waals surface area contributed by atoms with Gasteiger partial charge in [0, 0.05) is 18.1 Å². The van der Waals surface area contributed by atoms with Crippen LogP contribution in [0.3, 0.4) is 0 Å². The normalized spacial score (nSPS) is 11.3. The number of carbonyl (C=O) groups is 1. The number of nitrogens with zero attached hydrogens (tertiary/aromatic N) is 1. The van der Waals surface area contributed by atoms with Crippen LogP contribution in [0.15, 0.2) is 53.4 Å². The van der Waals surface area contributed by atoms with Gasteiger partial charge in [0.05, 0.1) is 10.6 Å². The summed E-state index contributed by atoms with van der Waals surface area (Å²) in [5.74, 6) is 0.353. The Morgan fingerprint density at radius 2 is 1.74 bits per heavy atom. The number of rotatable bonds is 9.